The van der Waals surface area contributed by atoms with Crippen LogP contribution in [0.1, 0.15) is 25.3 Å². The second kappa shape index (κ2) is 7.56. The molecule has 1 aromatic carbocycles. The van der Waals surface area contributed by atoms with E-state index in [1.54, 1.807) is 12.1 Å². The number of hydrogen-bond acceptors (Lipinski definition) is 4. The summed E-state index contributed by atoms with van der Waals surface area (Å²) in [6.07, 6.45) is 1.85. The lowest BCUT2D eigenvalue weighted by Crippen LogP contribution is -2.31. The van der Waals surface area contributed by atoms with E-state index in [4.69, 9.17) is 16.3 Å². The number of hydrogen-bond donors (Lipinski definition) is 2. The van der Waals surface area contributed by atoms with Gasteiger partial charge in [0, 0.05) is 24.7 Å². The zero-order valence-electron chi connectivity index (χ0n) is 12.1. The molecule has 2 rings (SSSR count). The van der Waals surface area contributed by atoms with Crippen molar-refractivity contribution in [3.63, 3.8) is 0 Å². The monoisotopic (exact) mass is 332 g/mol. The fraction of sp³-hybridized carbons (Fsp3) is 0.571. The Bertz CT molecular complexity index is 572. The Morgan fingerprint density at radius 1 is 1.43 bits per heavy atom. The van der Waals surface area contributed by atoms with Gasteiger partial charge in [0.15, 0.2) is 0 Å². The van der Waals surface area contributed by atoms with Crippen LogP contribution >= 0.6 is 11.6 Å². The molecule has 0 spiro atoms. The molecule has 0 amide bonds. The summed E-state index contributed by atoms with van der Waals surface area (Å²) in [5.74, 6) is 0. The van der Waals surface area contributed by atoms with Crippen LogP contribution in [0.2, 0.25) is 5.02 Å². The first-order chi connectivity index (χ1) is 10.0. The standard InChI is InChI=1S/C14H21ClN2O3S/c1-2-16-9-11-5-6-13(8-14(11)15)21(18,19)17-10-12-4-3-7-20-12/h5-6,8,12,16-17H,2-4,7,9-10H2,1H3. The third-order valence-corrected chi connectivity index (χ3v) is 5.20. The minimum atomic E-state index is -3.54. The number of ether oxygens (including phenoxy) is 1. The molecule has 1 atom stereocenters. The summed E-state index contributed by atoms with van der Waals surface area (Å²) in [5.41, 5.74) is 0.886. The molecule has 2 N–H and O–H groups in total. The smallest absolute Gasteiger partial charge is 0.240 e. The van der Waals surface area contributed by atoms with Crippen molar-refractivity contribution in [1.82, 2.24) is 10.0 Å². The molecule has 1 aromatic rings. The molecule has 1 fully saturated rings. The largest absolute Gasteiger partial charge is 0.377 e. The number of benzene rings is 1. The highest BCUT2D eigenvalue weighted by Gasteiger charge is 2.20. The van der Waals surface area contributed by atoms with E-state index in [0.29, 0.717) is 24.7 Å². The number of halogens is 1. The first-order valence-electron chi connectivity index (χ1n) is 7.13. The molecular formula is C14H21ClN2O3S. The summed E-state index contributed by atoms with van der Waals surface area (Å²) < 4.78 is 32.4. The highest BCUT2D eigenvalue weighted by atomic mass is 35.5. The van der Waals surface area contributed by atoms with Gasteiger partial charge in [-0.05, 0) is 37.1 Å². The molecule has 1 unspecified atom stereocenters. The van der Waals surface area contributed by atoms with Gasteiger partial charge in [0.2, 0.25) is 10.0 Å². The molecule has 0 aliphatic carbocycles. The Hall–Kier alpha value is -0.660. The van der Waals surface area contributed by atoms with Gasteiger partial charge in [0.05, 0.1) is 11.0 Å². The lowest BCUT2D eigenvalue weighted by atomic mass is 10.2. The average Bonchev–Trinajstić information content (AvgIpc) is 2.97. The number of rotatable bonds is 7. The van der Waals surface area contributed by atoms with Crippen LogP contribution in [0, 0.1) is 0 Å². The summed E-state index contributed by atoms with van der Waals surface area (Å²) in [6, 6.07) is 4.81. The predicted molar refractivity (Wildman–Crippen MR) is 83.0 cm³/mol. The predicted octanol–water partition coefficient (Wildman–Crippen LogP) is 1.91. The van der Waals surface area contributed by atoms with Crippen molar-refractivity contribution in [2.24, 2.45) is 0 Å². The summed E-state index contributed by atoms with van der Waals surface area (Å²) in [6.45, 7) is 4.47. The summed E-state index contributed by atoms with van der Waals surface area (Å²) in [4.78, 5) is 0.186. The first kappa shape index (κ1) is 16.7. The molecule has 7 heteroatoms. The SMILES string of the molecule is CCNCc1ccc(S(=O)(=O)NCC2CCCO2)cc1Cl. The van der Waals surface area contributed by atoms with Gasteiger partial charge in [-0.1, -0.05) is 24.6 Å². The van der Waals surface area contributed by atoms with Gasteiger partial charge in [-0.25, -0.2) is 13.1 Å². The van der Waals surface area contributed by atoms with Crippen LogP contribution in [0.15, 0.2) is 23.1 Å². The van der Waals surface area contributed by atoms with E-state index < -0.39 is 10.0 Å². The van der Waals surface area contributed by atoms with Gasteiger partial charge in [-0.2, -0.15) is 0 Å². The molecule has 21 heavy (non-hydrogen) atoms. The lowest BCUT2D eigenvalue weighted by Gasteiger charge is -2.12. The topological polar surface area (TPSA) is 67.4 Å². The van der Waals surface area contributed by atoms with E-state index in [0.717, 1.165) is 24.9 Å². The van der Waals surface area contributed by atoms with Crippen LogP contribution in [0.4, 0.5) is 0 Å². The third kappa shape index (κ3) is 4.66. The van der Waals surface area contributed by atoms with Crippen LogP contribution in [0.25, 0.3) is 0 Å². The third-order valence-electron chi connectivity index (χ3n) is 3.43. The average molecular weight is 333 g/mol. The molecule has 1 heterocycles. The Morgan fingerprint density at radius 2 is 2.24 bits per heavy atom. The fourth-order valence-corrected chi connectivity index (χ4v) is 3.59. The van der Waals surface area contributed by atoms with Crippen LogP contribution in [0.5, 0.6) is 0 Å². The summed E-state index contributed by atoms with van der Waals surface area (Å²) in [5, 5.41) is 3.61. The quantitative estimate of drug-likeness (QED) is 0.800. The molecule has 5 nitrogen and oxygen atoms in total. The van der Waals surface area contributed by atoms with Crippen molar-refractivity contribution in [2.75, 3.05) is 19.7 Å². The second-order valence-electron chi connectivity index (χ2n) is 5.02. The first-order valence-corrected chi connectivity index (χ1v) is 8.99. The van der Waals surface area contributed by atoms with E-state index in [1.165, 1.54) is 6.07 Å². The molecule has 0 aromatic heterocycles. The molecule has 1 aliphatic heterocycles. The normalized spacial score (nSPS) is 19.0. The van der Waals surface area contributed by atoms with Gasteiger partial charge in [0.1, 0.15) is 0 Å². The minimum absolute atomic E-state index is 0.0247. The summed E-state index contributed by atoms with van der Waals surface area (Å²) >= 11 is 6.14. The highest BCUT2D eigenvalue weighted by Crippen LogP contribution is 2.21. The van der Waals surface area contributed by atoms with E-state index in [-0.39, 0.29) is 11.0 Å². The van der Waals surface area contributed by atoms with Gasteiger partial charge < -0.3 is 10.1 Å². The van der Waals surface area contributed by atoms with Crippen LogP contribution in [0.3, 0.4) is 0 Å². The van der Waals surface area contributed by atoms with Crippen molar-refractivity contribution >= 4 is 21.6 Å². The lowest BCUT2D eigenvalue weighted by molar-refractivity contribution is 0.114. The zero-order chi connectivity index (χ0) is 15.3. The van der Waals surface area contributed by atoms with Crippen LogP contribution in [-0.4, -0.2) is 34.2 Å². The molecule has 0 bridgehead atoms. The van der Waals surface area contributed by atoms with Crippen molar-refractivity contribution in [1.29, 1.82) is 0 Å². The van der Waals surface area contributed by atoms with Gasteiger partial charge >= 0.3 is 0 Å². The minimum Gasteiger partial charge on any atom is -0.377 e. The molecule has 0 saturated carbocycles. The molecule has 1 saturated heterocycles. The van der Waals surface area contributed by atoms with Crippen LogP contribution in [-0.2, 0) is 21.3 Å². The van der Waals surface area contributed by atoms with Crippen molar-refractivity contribution in [3.05, 3.63) is 28.8 Å². The van der Waals surface area contributed by atoms with Crippen LogP contribution < -0.4 is 10.0 Å². The zero-order valence-corrected chi connectivity index (χ0v) is 13.6. The molecule has 118 valence electrons. The Kier molecular flexibility index (Phi) is 6.01. The Labute approximate surface area is 131 Å². The van der Waals surface area contributed by atoms with Crippen molar-refractivity contribution in [3.8, 4) is 0 Å². The Morgan fingerprint density at radius 3 is 2.86 bits per heavy atom. The van der Waals surface area contributed by atoms with E-state index in [9.17, 15) is 8.42 Å². The maximum atomic E-state index is 12.2. The highest BCUT2D eigenvalue weighted by molar-refractivity contribution is 7.89. The second-order valence-corrected chi connectivity index (χ2v) is 7.19. The van der Waals surface area contributed by atoms with Gasteiger partial charge in [-0.15, -0.1) is 0 Å². The fourth-order valence-electron chi connectivity index (χ4n) is 2.19. The molecule has 0 radical (unpaired) electrons. The van der Waals surface area contributed by atoms with Gasteiger partial charge in [-0.3, -0.25) is 0 Å². The van der Waals surface area contributed by atoms with Crippen molar-refractivity contribution in [2.45, 2.75) is 37.3 Å². The molecule has 1 aliphatic rings. The van der Waals surface area contributed by atoms with E-state index in [1.807, 2.05) is 6.92 Å². The number of sulfonamides is 1. The Balaban J connectivity index is 2.03. The van der Waals surface area contributed by atoms with Crippen molar-refractivity contribution < 1.29 is 13.2 Å². The summed E-state index contributed by atoms with van der Waals surface area (Å²) in [7, 11) is -3.54. The molecular weight excluding hydrogens is 312 g/mol. The van der Waals surface area contributed by atoms with E-state index in [2.05, 4.69) is 10.0 Å². The number of nitrogens with one attached hydrogen (secondary N) is 2. The van der Waals surface area contributed by atoms with Gasteiger partial charge in [0.25, 0.3) is 0 Å². The van der Waals surface area contributed by atoms with E-state index >= 15 is 0 Å². The maximum Gasteiger partial charge on any atom is 0.240 e. The maximum absolute atomic E-state index is 12.2.